The highest BCUT2D eigenvalue weighted by Gasteiger charge is 2.44. The highest BCUT2D eigenvalue weighted by Crippen LogP contribution is 2.30. The van der Waals surface area contributed by atoms with Crippen molar-refractivity contribution in [3.63, 3.8) is 0 Å². The van der Waals surface area contributed by atoms with E-state index < -0.39 is 15.6 Å². The Morgan fingerprint density at radius 1 is 1.39 bits per heavy atom. The van der Waals surface area contributed by atoms with Crippen molar-refractivity contribution in [2.45, 2.75) is 17.4 Å². The van der Waals surface area contributed by atoms with Crippen molar-refractivity contribution >= 4 is 32.8 Å². The molecule has 1 aromatic carbocycles. The maximum atomic E-state index is 12.4. The van der Waals surface area contributed by atoms with Crippen LogP contribution in [0.1, 0.15) is 6.92 Å². The zero-order valence-corrected chi connectivity index (χ0v) is 11.2. The van der Waals surface area contributed by atoms with Gasteiger partial charge in [-0.3, -0.25) is 0 Å². The van der Waals surface area contributed by atoms with Crippen molar-refractivity contribution in [3.8, 4) is 0 Å². The van der Waals surface area contributed by atoms with E-state index in [1.807, 2.05) is 0 Å². The normalized spacial score (nSPS) is 19.9. The molecule has 8 heteroatoms. The second kappa shape index (κ2) is 3.70. The Morgan fingerprint density at radius 3 is 2.78 bits per heavy atom. The molecule has 1 aliphatic rings. The third-order valence-electron chi connectivity index (χ3n) is 2.90. The van der Waals surface area contributed by atoms with E-state index >= 15 is 0 Å². The molecule has 0 bridgehead atoms. The highest BCUT2D eigenvalue weighted by molar-refractivity contribution is 7.89. The third kappa shape index (κ3) is 1.72. The first-order valence-corrected chi connectivity index (χ1v) is 7.51. The van der Waals surface area contributed by atoms with Crippen LogP contribution < -0.4 is 0 Å². The van der Waals surface area contributed by atoms with Crippen LogP contribution >= 0.6 is 11.7 Å². The van der Waals surface area contributed by atoms with Gasteiger partial charge in [0, 0.05) is 13.1 Å². The van der Waals surface area contributed by atoms with E-state index in [1.165, 1.54) is 10.4 Å². The van der Waals surface area contributed by atoms with E-state index in [0.29, 0.717) is 11.0 Å². The Labute approximate surface area is 108 Å². The summed E-state index contributed by atoms with van der Waals surface area (Å²) in [5.41, 5.74) is 0.0452. The lowest BCUT2D eigenvalue weighted by molar-refractivity contribution is -0.0426. The number of fused-ring (bicyclic) bond motifs is 1. The number of hydrogen-bond donors (Lipinski definition) is 1. The zero-order valence-electron chi connectivity index (χ0n) is 9.57. The number of benzene rings is 1. The number of nitrogens with zero attached hydrogens (tertiary/aromatic N) is 3. The van der Waals surface area contributed by atoms with E-state index in [0.717, 1.165) is 11.7 Å². The summed E-state index contributed by atoms with van der Waals surface area (Å²) in [6.45, 7) is 1.84. The van der Waals surface area contributed by atoms with Crippen LogP contribution in [-0.2, 0) is 10.0 Å². The smallest absolute Gasteiger partial charge is 0.245 e. The molecular weight excluding hydrogens is 274 g/mol. The minimum Gasteiger partial charge on any atom is -0.387 e. The molecule has 6 nitrogen and oxygen atoms in total. The van der Waals surface area contributed by atoms with E-state index in [4.69, 9.17) is 0 Å². The summed E-state index contributed by atoms with van der Waals surface area (Å²) in [6, 6.07) is 4.89. The molecule has 1 fully saturated rings. The molecular formula is C10H11N3O3S2. The second-order valence-corrected chi connectivity index (χ2v) is 7.09. The number of aromatic nitrogens is 2. The van der Waals surface area contributed by atoms with Crippen molar-refractivity contribution in [2.24, 2.45) is 0 Å². The molecule has 2 aromatic rings. The zero-order chi connectivity index (χ0) is 13.0. The van der Waals surface area contributed by atoms with Gasteiger partial charge in [-0.1, -0.05) is 6.07 Å². The van der Waals surface area contributed by atoms with Crippen LogP contribution in [0.2, 0.25) is 0 Å². The molecule has 0 atom stereocenters. The number of aliphatic hydroxyl groups is 1. The lowest BCUT2D eigenvalue weighted by Gasteiger charge is -2.42. The number of β-amino-alcohol motifs (C(OH)–C–C–N with tert-alkyl or cyclic N) is 1. The predicted octanol–water partition coefficient (Wildman–Crippen LogP) is 0.447. The summed E-state index contributed by atoms with van der Waals surface area (Å²) in [5.74, 6) is 0. The van der Waals surface area contributed by atoms with Crippen LogP contribution in [0, 0.1) is 0 Å². The van der Waals surface area contributed by atoms with Crippen molar-refractivity contribution in [2.75, 3.05) is 13.1 Å². The van der Waals surface area contributed by atoms with E-state index in [2.05, 4.69) is 8.75 Å². The Hall–Kier alpha value is -1.09. The fraction of sp³-hybridized carbons (Fsp3) is 0.400. The highest BCUT2D eigenvalue weighted by atomic mass is 32.2. The standard InChI is InChI=1S/C10H11N3O3S2/c1-10(14)5-13(6-10)18(15,16)8-4-2-3-7-9(8)12-17-11-7/h2-4,14H,5-6H2,1H3. The largest absolute Gasteiger partial charge is 0.387 e. The molecule has 0 unspecified atom stereocenters. The van der Waals surface area contributed by atoms with E-state index in [9.17, 15) is 13.5 Å². The molecule has 1 N–H and O–H groups in total. The summed E-state index contributed by atoms with van der Waals surface area (Å²) >= 11 is 0.988. The molecule has 18 heavy (non-hydrogen) atoms. The molecule has 96 valence electrons. The molecule has 0 radical (unpaired) electrons. The first-order valence-electron chi connectivity index (χ1n) is 5.34. The molecule has 0 amide bonds. The van der Waals surface area contributed by atoms with Crippen LogP contribution in [0.5, 0.6) is 0 Å². The fourth-order valence-corrected chi connectivity index (χ4v) is 4.44. The SMILES string of the molecule is CC1(O)CN(S(=O)(=O)c2cccc3nsnc23)C1. The average molecular weight is 285 g/mol. The first-order chi connectivity index (χ1) is 8.40. The van der Waals surface area contributed by atoms with Crippen molar-refractivity contribution in [1.29, 1.82) is 0 Å². The van der Waals surface area contributed by atoms with Crippen molar-refractivity contribution in [1.82, 2.24) is 13.1 Å². The average Bonchev–Trinajstić information content (AvgIpc) is 2.72. The lowest BCUT2D eigenvalue weighted by atomic mass is 10.0. The van der Waals surface area contributed by atoms with E-state index in [1.54, 1.807) is 19.1 Å². The topological polar surface area (TPSA) is 83.4 Å². The van der Waals surface area contributed by atoms with Gasteiger partial charge in [-0.2, -0.15) is 13.1 Å². The maximum absolute atomic E-state index is 12.4. The van der Waals surface area contributed by atoms with Gasteiger partial charge in [0.25, 0.3) is 0 Å². The van der Waals surface area contributed by atoms with Gasteiger partial charge in [0.15, 0.2) is 0 Å². The Balaban J connectivity index is 2.07. The van der Waals surface area contributed by atoms with Gasteiger partial charge < -0.3 is 5.11 Å². The third-order valence-corrected chi connectivity index (χ3v) is 5.27. The van der Waals surface area contributed by atoms with Crippen LogP contribution in [0.3, 0.4) is 0 Å². The van der Waals surface area contributed by atoms with Gasteiger partial charge in [-0.05, 0) is 19.1 Å². The van der Waals surface area contributed by atoms with Crippen LogP contribution in [-0.4, -0.2) is 45.3 Å². The summed E-state index contributed by atoms with van der Waals surface area (Å²) in [4.78, 5) is 0.157. The summed E-state index contributed by atoms with van der Waals surface area (Å²) in [6.07, 6.45) is 0. The summed E-state index contributed by atoms with van der Waals surface area (Å²) in [5, 5.41) is 9.64. The Bertz CT molecular complexity index is 700. The number of hydrogen-bond acceptors (Lipinski definition) is 6. The predicted molar refractivity (Wildman–Crippen MR) is 66.8 cm³/mol. The monoisotopic (exact) mass is 285 g/mol. The van der Waals surface area contributed by atoms with Crippen LogP contribution in [0.15, 0.2) is 23.1 Å². The number of sulfonamides is 1. The lowest BCUT2D eigenvalue weighted by Crippen LogP contribution is -2.61. The molecule has 1 aliphatic heterocycles. The Morgan fingerprint density at radius 2 is 2.11 bits per heavy atom. The number of rotatable bonds is 2. The van der Waals surface area contributed by atoms with Crippen LogP contribution in [0.25, 0.3) is 11.0 Å². The minimum atomic E-state index is -3.59. The molecule has 1 saturated heterocycles. The van der Waals surface area contributed by atoms with Gasteiger partial charge in [0.05, 0.1) is 17.3 Å². The quantitative estimate of drug-likeness (QED) is 0.866. The van der Waals surface area contributed by atoms with Crippen molar-refractivity contribution in [3.05, 3.63) is 18.2 Å². The van der Waals surface area contributed by atoms with Gasteiger partial charge >= 0.3 is 0 Å². The second-order valence-electron chi connectivity index (χ2n) is 4.66. The fourth-order valence-electron chi connectivity index (χ4n) is 2.01. The van der Waals surface area contributed by atoms with Gasteiger partial charge in [-0.25, -0.2) is 8.42 Å². The summed E-state index contributed by atoms with van der Waals surface area (Å²) < 4.78 is 34.0. The van der Waals surface area contributed by atoms with Gasteiger partial charge in [0.1, 0.15) is 15.9 Å². The molecule has 3 rings (SSSR count). The Kier molecular flexibility index (Phi) is 2.46. The van der Waals surface area contributed by atoms with Crippen LogP contribution in [0.4, 0.5) is 0 Å². The minimum absolute atomic E-state index is 0.114. The molecule has 1 aromatic heterocycles. The van der Waals surface area contributed by atoms with Gasteiger partial charge in [-0.15, -0.1) is 0 Å². The maximum Gasteiger partial charge on any atom is 0.245 e. The van der Waals surface area contributed by atoms with Gasteiger partial charge in [0.2, 0.25) is 10.0 Å². The molecule has 0 aliphatic carbocycles. The molecule has 2 heterocycles. The first kappa shape index (κ1) is 12.0. The molecule has 0 spiro atoms. The molecule has 0 saturated carbocycles. The van der Waals surface area contributed by atoms with E-state index in [-0.39, 0.29) is 18.0 Å². The van der Waals surface area contributed by atoms with Crippen molar-refractivity contribution < 1.29 is 13.5 Å². The summed E-state index contributed by atoms with van der Waals surface area (Å²) in [7, 11) is -3.59.